The topological polar surface area (TPSA) is 83.5 Å². The highest BCUT2D eigenvalue weighted by Crippen LogP contribution is 2.24. The van der Waals surface area contributed by atoms with Gasteiger partial charge in [-0.25, -0.2) is 17.5 Å². The monoisotopic (exact) mass is 317 g/mol. The van der Waals surface area contributed by atoms with Gasteiger partial charge in [0, 0.05) is 6.04 Å². The Morgan fingerprint density at radius 3 is 2.38 bits per heavy atom. The van der Waals surface area contributed by atoms with Crippen molar-refractivity contribution in [2.45, 2.75) is 44.6 Å². The molecule has 5 nitrogen and oxygen atoms in total. The van der Waals surface area contributed by atoms with Gasteiger partial charge in [-0.1, -0.05) is 32.9 Å². The normalized spacial score (nSPS) is 13.9. The summed E-state index contributed by atoms with van der Waals surface area (Å²) in [6.45, 7) is 5.62. The molecule has 1 aromatic rings. The van der Waals surface area contributed by atoms with Gasteiger partial charge < -0.3 is 5.11 Å². The molecule has 0 bridgehead atoms. The number of hydrogen-bond donors (Lipinski definition) is 2. The molecular weight excluding hydrogens is 297 g/mol. The predicted molar refractivity (Wildman–Crippen MR) is 76.8 cm³/mol. The van der Waals surface area contributed by atoms with Crippen LogP contribution in [0, 0.1) is 11.2 Å². The summed E-state index contributed by atoms with van der Waals surface area (Å²) in [4.78, 5) is 10.4. The van der Waals surface area contributed by atoms with E-state index in [4.69, 9.17) is 5.11 Å². The van der Waals surface area contributed by atoms with Crippen molar-refractivity contribution < 1.29 is 22.7 Å². The highest BCUT2D eigenvalue weighted by Gasteiger charge is 2.27. The number of benzene rings is 1. The number of carbonyl (C=O) groups is 1. The van der Waals surface area contributed by atoms with Crippen molar-refractivity contribution in [1.82, 2.24) is 4.72 Å². The molecule has 2 N–H and O–H groups in total. The largest absolute Gasteiger partial charge is 0.481 e. The Hall–Kier alpha value is -1.47. The number of sulfonamides is 1. The third kappa shape index (κ3) is 5.81. The molecular formula is C14H20FNO4S. The lowest BCUT2D eigenvalue weighted by Crippen LogP contribution is -2.39. The minimum atomic E-state index is -4.10. The Morgan fingerprint density at radius 2 is 1.90 bits per heavy atom. The second-order valence-corrected chi connectivity index (χ2v) is 7.79. The maximum absolute atomic E-state index is 13.6. The van der Waals surface area contributed by atoms with Crippen LogP contribution in [0.4, 0.5) is 4.39 Å². The molecule has 0 aromatic heterocycles. The van der Waals surface area contributed by atoms with Gasteiger partial charge in [0.1, 0.15) is 10.7 Å². The van der Waals surface area contributed by atoms with Gasteiger partial charge in [-0.3, -0.25) is 4.79 Å². The van der Waals surface area contributed by atoms with Gasteiger partial charge in [0.2, 0.25) is 10.0 Å². The van der Waals surface area contributed by atoms with Crippen LogP contribution < -0.4 is 4.72 Å². The summed E-state index contributed by atoms with van der Waals surface area (Å²) in [6.07, 6.45) is -0.0298. The lowest BCUT2D eigenvalue weighted by atomic mass is 9.87. The number of hydrogen-bond acceptors (Lipinski definition) is 3. The van der Waals surface area contributed by atoms with E-state index in [0.29, 0.717) is 6.42 Å². The fourth-order valence-corrected chi connectivity index (χ4v) is 3.37. The Kier molecular flexibility index (Phi) is 5.47. The maximum atomic E-state index is 13.6. The summed E-state index contributed by atoms with van der Waals surface area (Å²) in [5, 5.41) is 8.89. The van der Waals surface area contributed by atoms with Crippen LogP contribution in [-0.4, -0.2) is 25.5 Å². The summed E-state index contributed by atoms with van der Waals surface area (Å²) in [7, 11) is -4.10. The third-order valence-corrected chi connectivity index (χ3v) is 4.28. The van der Waals surface area contributed by atoms with Gasteiger partial charge in [-0.15, -0.1) is 0 Å². The van der Waals surface area contributed by atoms with E-state index in [-0.39, 0.29) is 11.8 Å². The molecule has 0 heterocycles. The summed E-state index contributed by atoms with van der Waals surface area (Å²) < 4.78 is 40.3. The number of rotatable bonds is 6. The molecule has 1 atom stereocenters. The van der Waals surface area contributed by atoms with Crippen molar-refractivity contribution in [3.05, 3.63) is 30.1 Å². The van der Waals surface area contributed by atoms with E-state index in [1.807, 2.05) is 20.8 Å². The van der Waals surface area contributed by atoms with Crippen LogP contribution in [0.2, 0.25) is 0 Å². The second kappa shape index (κ2) is 6.53. The quantitative estimate of drug-likeness (QED) is 0.844. The fraction of sp³-hybridized carbons (Fsp3) is 0.500. The van der Waals surface area contributed by atoms with Crippen molar-refractivity contribution >= 4 is 16.0 Å². The molecule has 1 rings (SSSR count). The van der Waals surface area contributed by atoms with E-state index >= 15 is 0 Å². The molecule has 0 amide bonds. The summed E-state index contributed by atoms with van der Waals surface area (Å²) >= 11 is 0. The van der Waals surface area contributed by atoms with Gasteiger partial charge in [-0.05, 0) is 24.0 Å². The first kappa shape index (κ1) is 17.6. The predicted octanol–water partition coefficient (Wildman–Crippen LogP) is 2.38. The lowest BCUT2D eigenvalue weighted by molar-refractivity contribution is -0.137. The molecule has 0 fully saturated rings. The van der Waals surface area contributed by atoms with Crippen LogP contribution >= 0.6 is 0 Å². The van der Waals surface area contributed by atoms with E-state index in [1.165, 1.54) is 12.1 Å². The molecule has 7 heteroatoms. The molecule has 21 heavy (non-hydrogen) atoms. The molecule has 0 saturated carbocycles. The van der Waals surface area contributed by atoms with Crippen LogP contribution in [0.25, 0.3) is 0 Å². The van der Waals surface area contributed by atoms with Crippen LogP contribution in [0.1, 0.15) is 33.6 Å². The number of carboxylic acids is 1. The van der Waals surface area contributed by atoms with Crippen LogP contribution in [0.3, 0.4) is 0 Å². The standard InChI is InChI=1S/C14H20FNO4S/c1-14(2,3)9-10(8-13(17)18)16-21(19,20)12-7-5-4-6-11(12)15/h4-7,10,16H,8-9H2,1-3H3,(H,17,18). The first-order chi connectivity index (χ1) is 9.51. The Labute approximate surface area is 124 Å². The first-order valence-corrected chi connectivity index (χ1v) is 7.98. The van der Waals surface area contributed by atoms with Crippen molar-refractivity contribution in [3.63, 3.8) is 0 Å². The molecule has 0 saturated heterocycles. The summed E-state index contributed by atoms with van der Waals surface area (Å²) in [5.74, 6) is -1.98. The zero-order valence-corrected chi connectivity index (χ0v) is 13.1. The van der Waals surface area contributed by atoms with Crippen molar-refractivity contribution in [3.8, 4) is 0 Å². The van der Waals surface area contributed by atoms with Gasteiger partial charge in [0.25, 0.3) is 0 Å². The molecule has 0 aliphatic rings. The molecule has 0 radical (unpaired) electrons. The Bertz CT molecular complexity index is 608. The van der Waals surface area contributed by atoms with E-state index in [0.717, 1.165) is 12.1 Å². The van der Waals surface area contributed by atoms with Gasteiger partial charge in [0.15, 0.2) is 0 Å². The SMILES string of the molecule is CC(C)(C)CC(CC(=O)O)NS(=O)(=O)c1ccccc1F. The zero-order valence-electron chi connectivity index (χ0n) is 12.3. The third-order valence-electron chi connectivity index (χ3n) is 2.73. The smallest absolute Gasteiger partial charge is 0.304 e. The van der Waals surface area contributed by atoms with E-state index in [1.54, 1.807) is 0 Å². The van der Waals surface area contributed by atoms with E-state index in [2.05, 4.69) is 4.72 Å². The van der Waals surface area contributed by atoms with Gasteiger partial charge in [0.05, 0.1) is 6.42 Å². The van der Waals surface area contributed by atoms with E-state index in [9.17, 15) is 17.6 Å². The second-order valence-electron chi connectivity index (χ2n) is 6.11. The first-order valence-electron chi connectivity index (χ1n) is 6.50. The van der Waals surface area contributed by atoms with Gasteiger partial charge >= 0.3 is 5.97 Å². The van der Waals surface area contributed by atoms with Crippen molar-refractivity contribution in [2.24, 2.45) is 5.41 Å². The van der Waals surface area contributed by atoms with Crippen LogP contribution in [-0.2, 0) is 14.8 Å². The number of halogens is 1. The maximum Gasteiger partial charge on any atom is 0.304 e. The lowest BCUT2D eigenvalue weighted by Gasteiger charge is -2.25. The Balaban J connectivity index is 3.01. The summed E-state index contributed by atoms with van der Waals surface area (Å²) in [6, 6.07) is 4.19. The average molecular weight is 317 g/mol. The molecule has 1 aromatic carbocycles. The number of carboxylic acid groups (broad SMARTS) is 1. The molecule has 118 valence electrons. The molecule has 0 spiro atoms. The van der Waals surface area contributed by atoms with Crippen LogP contribution in [0.5, 0.6) is 0 Å². The minimum absolute atomic E-state index is 0.266. The fourth-order valence-electron chi connectivity index (χ4n) is 2.05. The minimum Gasteiger partial charge on any atom is -0.481 e. The zero-order chi connectivity index (χ0) is 16.3. The van der Waals surface area contributed by atoms with Crippen molar-refractivity contribution in [1.29, 1.82) is 0 Å². The van der Waals surface area contributed by atoms with Crippen LogP contribution in [0.15, 0.2) is 29.2 Å². The number of aliphatic carboxylic acids is 1. The molecule has 1 unspecified atom stereocenters. The molecule has 0 aliphatic carbocycles. The van der Waals surface area contributed by atoms with Gasteiger partial charge in [-0.2, -0.15) is 0 Å². The highest BCUT2D eigenvalue weighted by atomic mass is 32.2. The van der Waals surface area contributed by atoms with E-state index < -0.39 is 32.7 Å². The summed E-state index contributed by atoms with van der Waals surface area (Å²) in [5.41, 5.74) is -0.266. The number of nitrogens with one attached hydrogen (secondary N) is 1. The van der Waals surface area contributed by atoms with Crippen molar-refractivity contribution in [2.75, 3.05) is 0 Å². The molecule has 0 aliphatic heterocycles. The Morgan fingerprint density at radius 1 is 1.33 bits per heavy atom. The average Bonchev–Trinajstić information content (AvgIpc) is 2.24. The highest BCUT2D eigenvalue weighted by molar-refractivity contribution is 7.89.